The van der Waals surface area contributed by atoms with E-state index in [2.05, 4.69) is 4.74 Å². The largest absolute Gasteiger partial charge is 0.497 e. The van der Waals surface area contributed by atoms with Gasteiger partial charge in [0.25, 0.3) is 0 Å². The molecule has 108 valence electrons. The van der Waals surface area contributed by atoms with E-state index in [1.54, 1.807) is 20.2 Å². The van der Waals surface area contributed by atoms with Crippen LogP contribution in [0.15, 0.2) is 30.3 Å². The molecular formula is C15H19NO4. The fraction of sp³-hybridized carbons (Fsp3) is 0.333. The van der Waals surface area contributed by atoms with Crippen molar-refractivity contribution in [3.05, 3.63) is 35.9 Å². The molecule has 0 aliphatic carbocycles. The van der Waals surface area contributed by atoms with Gasteiger partial charge in [0.15, 0.2) is 0 Å². The van der Waals surface area contributed by atoms with Crippen molar-refractivity contribution in [2.45, 2.75) is 6.42 Å². The van der Waals surface area contributed by atoms with E-state index in [4.69, 9.17) is 4.74 Å². The molecule has 0 bridgehead atoms. The van der Waals surface area contributed by atoms with Crippen LogP contribution >= 0.6 is 0 Å². The number of amides is 1. The number of ether oxygens (including phenoxy) is 2. The molecule has 0 radical (unpaired) electrons. The fourth-order valence-electron chi connectivity index (χ4n) is 1.48. The molecule has 0 fully saturated rings. The molecule has 0 unspecified atom stereocenters. The van der Waals surface area contributed by atoms with E-state index in [0.29, 0.717) is 6.54 Å². The van der Waals surface area contributed by atoms with E-state index in [1.165, 1.54) is 18.1 Å². The van der Waals surface area contributed by atoms with Gasteiger partial charge >= 0.3 is 5.97 Å². The van der Waals surface area contributed by atoms with Crippen molar-refractivity contribution in [3.63, 3.8) is 0 Å². The Balaban J connectivity index is 2.51. The van der Waals surface area contributed by atoms with Gasteiger partial charge in [-0.3, -0.25) is 9.59 Å². The van der Waals surface area contributed by atoms with Gasteiger partial charge in [0.2, 0.25) is 5.91 Å². The van der Waals surface area contributed by atoms with E-state index in [-0.39, 0.29) is 18.3 Å². The number of nitrogens with zero attached hydrogens (tertiary/aromatic N) is 1. The van der Waals surface area contributed by atoms with Crippen molar-refractivity contribution in [1.82, 2.24) is 4.90 Å². The summed E-state index contributed by atoms with van der Waals surface area (Å²) in [6.07, 6.45) is 3.38. The molecule has 5 heteroatoms. The van der Waals surface area contributed by atoms with Crippen LogP contribution in [0.4, 0.5) is 0 Å². The van der Waals surface area contributed by atoms with Crippen LogP contribution in [0, 0.1) is 0 Å². The maximum absolute atomic E-state index is 11.8. The highest BCUT2D eigenvalue weighted by Crippen LogP contribution is 2.12. The Kier molecular flexibility index (Phi) is 6.29. The Morgan fingerprint density at radius 1 is 1.20 bits per heavy atom. The normalized spacial score (nSPS) is 10.3. The Bertz CT molecular complexity index is 479. The summed E-state index contributed by atoms with van der Waals surface area (Å²) >= 11 is 0. The molecule has 1 aromatic rings. The highest BCUT2D eigenvalue weighted by Gasteiger charge is 2.07. The van der Waals surface area contributed by atoms with Gasteiger partial charge in [-0.05, 0) is 23.8 Å². The van der Waals surface area contributed by atoms with Gasteiger partial charge in [-0.15, -0.1) is 0 Å². The SMILES string of the molecule is COC(=O)CCN(C)C(=O)C=Cc1ccc(OC)cc1. The second-order valence-electron chi connectivity index (χ2n) is 4.19. The van der Waals surface area contributed by atoms with E-state index in [9.17, 15) is 9.59 Å². The fourth-order valence-corrected chi connectivity index (χ4v) is 1.48. The van der Waals surface area contributed by atoms with Gasteiger partial charge in [0.05, 0.1) is 20.6 Å². The smallest absolute Gasteiger partial charge is 0.307 e. The third-order valence-corrected chi connectivity index (χ3v) is 2.79. The zero-order valence-electron chi connectivity index (χ0n) is 12.0. The van der Waals surface area contributed by atoms with Crippen molar-refractivity contribution in [2.24, 2.45) is 0 Å². The van der Waals surface area contributed by atoms with Gasteiger partial charge in [-0.2, -0.15) is 0 Å². The van der Waals surface area contributed by atoms with Crippen LogP contribution in [0.3, 0.4) is 0 Å². The molecule has 0 saturated carbocycles. The first-order valence-corrected chi connectivity index (χ1v) is 6.21. The summed E-state index contributed by atoms with van der Waals surface area (Å²) in [5, 5.41) is 0. The Labute approximate surface area is 118 Å². The van der Waals surface area contributed by atoms with Crippen molar-refractivity contribution >= 4 is 18.0 Å². The monoisotopic (exact) mass is 277 g/mol. The van der Waals surface area contributed by atoms with Crippen LogP contribution in [0.25, 0.3) is 6.08 Å². The molecule has 1 amide bonds. The van der Waals surface area contributed by atoms with Gasteiger partial charge < -0.3 is 14.4 Å². The van der Waals surface area contributed by atoms with Gasteiger partial charge in [0, 0.05) is 19.7 Å². The number of esters is 1. The van der Waals surface area contributed by atoms with Crippen LogP contribution in [-0.4, -0.2) is 44.6 Å². The summed E-state index contributed by atoms with van der Waals surface area (Å²) in [6, 6.07) is 7.37. The number of benzene rings is 1. The van der Waals surface area contributed by atoms with Crippen LogP contribution in [0.1, 0.15) is 12.0 Å². The third-order valence-electron chi connectivity index (χ3n) is 2.79. The minimum Gasteiger partial charge on any atom is -0.497 e. The van der Waals surface area contributed by atoms with Gasteiger partial charge in [-0.1, -0.05) is 12.1 Å². The number of hydrogen-bond acceptors (Lipinski definition) is 4. The van der Waals surface area contributed by atoms with Crippen LogP contribution in [-0.2, 0) is 14.3 Å². The maximum Gasteiger partial charge on any atom is 0.307 e. The standard InChI is InChI=1S/C15H19NO4/c1-16(11-10-15(18)20-3)14(17)9-6-12-4-7-13(19-2)8-5-12/h4-9H,10-11H2,1-3H3. The minimum atomic E-state index is -0.330. The highest BCUT2D eigenvalue weighted by atomic mass is 16.5. The van der Waals surface area contributed by atoms with Crippen LogP contribution < -0.4 is 4.74 Å². The predicted octanol–water partition coefficient (Wildman–Crippen LogP) is 1.73. The van der Waals surface area contributed by atoms with E-state index in [0.717, 1.165) is 11.3 Å². The first kappa shape index (κ1) is 15.8. The molecule has 0 aliphatic heterocycles. The molecule has 0 spiro atoms. The van der Waals surface area contributed by atoms with E-state index < -0.39 is 0 Å². The topological polar surface area (TPSA) is 55.8 Å². The average molecular weight is 277 g/mol. The summed E-state index contributed by atoms with van der Waals surface area (Å²) in [5.74, 6) is 0.275. The van der Waals surface area contributed by atoms with Gasteiger partial charge in [-0.25, -0.2) is 0 Å². The molecule has 0 N–H and O–H groups in total. The predicted molar refractivity (Wildman–Crippen MR) is 76.3 cm³/mol. The number of hydrogen-bond donors (Lipinski definition) is 0. The zero-order valence-corrected chi connectivity index (χ0v) is 12.0. The van der Waals surface area contributed by atoms with Crippen LogP contribution in [0.2, 0.25) is 0 Å². The summed E-state index contributed by atoms with van der Waals surface area (Å²) in [4.78, 5) is 24.3. The van der Waals surface area contributed by atoms with Crippen molar-refractivity contribution < 1.29 is 19.1 Å². The Morgan fingerprint density at radius 3 is 2.40 bits per heavy atom. The number of carbonyl (C=O) groups is 2. The first-order chi connectivity index (χ1) is 9.56. The summed E-state index contributed by atoms with van der Waals surface area (Å²) in [5.41, 5.74) is 0.903. The molecule has 1 aromatic carbocycles. The molecule has 0 atom stereocenters. The van der Waals surface area contributed by atoms with Crippen molar-refractivity contribution in [3.8, 4) is 5.75 Å². The number of rotatable bonds is 6. The molecule has 1 rings (SSSR count). The lowest BCUT2D eigenvalue weighted by atomic mass is 10.2. The first-order valence-electron chi connectivity index (χ1n) is 6.21. The number of methoxy groups -OCH3 is 2. The zero-order chi connectivity index (χ0) is 15.0. The van der Waals surface area contributed by atoms with E-state index >= 15 is 0 Å². The van der Waals surface area contributed by atoms with Crippen LogP contribution in [0.5, 0.6) is 5.75 Å². The lowest BCUT2D eigenvalue weighted by Gasteiger charge is -2.13. The quantitative estimate of drug-likeness (QED) is 0.587. The van der Waals surface area contributed by atoms with Crippen molar-refractivity contribution in [2.75, 3.05) is 27.8 Å². The Hall–Kier alpha value is -2.30. The molecular weight excluding hydrogens is 258 g/mol. The molecule has 0 saturated heterocycles. The Morgan fingerprint density at radius 2 is 1.85 bits per heavy atom. The van der Waals surface area contributed by atoms with Gasteiger partial charge in [0.1, 0.15) is 5.75 Å². The second kappa shape index (κ2) is 7.99. The van der Waals surface area contributed by atoms with E-state index in [1.807, 2.05) is 24.3 Å². The molecule has 0 aliphatic rings. The maximum atomic E-state index is 11.8. The lowest BCUT2D eigenvalue weighted by molar-refractivity contribution is -0.141. The molecule has 0 aromatic heterocycles. The second-order valence-corrected chi connectivity index (χ2v) is 4.19. The highest BCUT2D eigenvalue weighted by molar-refractivity contribution is 5.91. The third kappa shape index (κ3) is 5.14. The molecule has 5 nitrogen and oxygen atoms in total. The average Bonchev–Trinajstić information content (AvgIpc) is 2.50. The number of carbonyl (C=O) groups excluding carboxylic acids is 2. The summed E-state index contributed by atoms with van der Waals surface area (Å²) in [7, 11) is 4.57. The number of likely N-dealkylation sites (N-methyl/N-ethyl adjacent to an activating group) is 1. The molecule has 0 heterocycles. The molecule has 20 heavy (non-hydrogen) atoms. The minimum absolute atomic E-state index is 0.162. The lowest BCUT2D eigenvalue weighted by Crippen LogP contribution is -2.27. The summed E-state index contributed by atoms with van der Waals surface area (Å²) < 4.78 is 9.58. The summed E-state index contributed by atoms with van der Waals surface area (Å²) in [6.45, 7) is 0.332. The van der Waals surface area contributed by atoms with Crippen molar-refractivity contribution in [1.29, 1.82) is 0 Å².